The van der Waals surface area contributed by atoms with E-state index in [2.05, 4.69) is 10.6 Å². The van der Waals surface area contributed by atoms with Crippen molar-refractivity contribution >= 4 is 32.3 Å². The monoisotopic (exact) mass is 433 g/mol. The van der Waals surface area contributed by atoms with Crippen molar-refractivity contribution in [2.45, 2.75) is 13.0 Å². The van der Waals surface area contributed by atoms with Crippen LogP contribution in [0.2, 0.25) is 0 Å². The average molecular weight is 434 g/mol. The zero-order valence-electron chi connectivity index (χ0n) is 16.8. The number of aromatic nitrogens is 1. The molecule has 0 spiro atoms. The molecule has 0 radical (unpaired) electrons. The number of ketones is 1. The van der Waals surface area contributed by atoms with Crippen LogP contribution in [0.15, 0.2) is 65.5 Å². The van der Waals surface area contributed by atoms with E-state index >= 15 is 0 Å². The minimum absolute atomic E-state index is 0.159. The summed E-state index contributed by atoms with van der Waals surface area (Å²) in [6.07, 6.45) is 0. The van der Waals surface area contributed by atoms with Gasteiger partial charge in [0.1, 0.15) is 15.6 Å². The van der Waals surface area contributed by atoms with Crippen LogP contribution in [-0.2, 0) is 0 Å². The minimum Gasteiger partial charge on any atom is -0.371 e. The molecule has 4 aromatic rings. The number of halogens is 1. The number of para-hydroxylation sites is 1. The largest absolute Gasteiger partial charge is 0.371 e. The highest BCUT2D eigenvalue weighted by Crippen LogP contribution is 2.38. The van der Waals surface area contributed by atoms with E-state index < -0.39 is 0 Å². The van der Waals surface area contributed by atoms with Gasteiger partial charge < -0.3 is 10.6 Å². The lowest BCUT2D eigenvalue weighted by Gasteiger charge is -2.28. The van der Waals surface area contributed by atoms with Crippen LogP contribution < -0.4 is 16.2 Å². The number of nitrogens with one attached hydrogen (secondary N) is 2. The van der Waals surface area contributed by atoms with E-state index in [0.717, 1.165) is 23.8 Å². The Hall–Kier alpha value is -3.29. The van der Waals surface area contributed by atoms with Crippen molar-refractivity contribution in [3.63, 3.8) is 0 Å². The van der Waals surface area contributed by atoms with Crippen LogP contribution in [0.5, 0.6) is 0 Å². The molecule has 3 heterocycles. The Bertz CT molecular complexity index is 1360. The van der Waals surface area contributed by atoms with Gasteiger partial charge in [-0.25, -0.2) is 4.39 Å². The number of anilines is 1. The number of aryl methyl sites for hydroxylation is 1. The highest BCUT2D eigenvalue weighted by Gasteiger charge is 2.26. The number of benzene rings is 2. The number of nitrogens with zero attached hydrogens (tertiary/aromatic N) is 1. The Morgan fingerprint density at radius 3 is 2.58 bits per heavy atom. The van der Waals surface area contributed by atoms with E-state index in [9.17, 15) is 14.0 Å². The second-order valence-electron chi connectivity index (χ2n) is 7.66. The summed E-state index contributed by atoms with van der Waals surface area (Å²) in [5, 5.41) is 8.10. The first-order chi connectivity index (χ1) is 15.0. The van der Waals surface area contributed by atoms with Gasteiger partial charge >= 0.3 is 0 Å². The van der Waals surface area contributed by atoms with Crippen LogP contribution in [0.25, 0.3) is 15.9 Å². The maximum absolute atomic E-state index is 13.8. The lowest BCUT2D eigenvalue weighted by atomic mass is 10.00. The van der Waals surface area contributed by atoms with Crippen molar-refractivity contribution in [2.75, 3.05) is 18.4 Å². The van der Waals surface area contributed by atoms with E-state index in [4.69, 9.17) is 0 Å². The fraction of sp³-hybridized carbons (Fsp3) is 0.167. The summed E-state index contributed by atoms with van der Waals surface area (Å²) in [6.45, 7) is 3.26. The first-order valence-corrected chi connectivity index (χ1v) is 10.9. The first kappa shape index (κ1) is 19.7. The van der Waals surface area contributed by atoms with Crippen LogP contribution in [0, 0.1) is 12.7 Å². The van der Waals surface area contributed by atoms with Gasteiger partial charge in [0, 0.05) is 30.1 Å². The minimum atomic E-state index is -0.344. The van der Waals surface area contributed by atoms with Gasteiger partial charge in [0.05, 0.1) is 17.3 Å². The van der Waals surface area contributed by atoms with E-state index in [1.54, 1.807) is 23.6 Å². The molecule has 0 amide bonds. The summed E-state index contributed by atoms with van der Waals surface area (Å²) in [6, 6.07) is 17.2. The van der Waals surface area contributed by atoms with Crippen molar-refractivity contribution in [3.05, 3.63) is 93.5 Å². The maximum Gasteiger partial charge on any atom is 0.256 e. The van der Waals surface area contributed by atoms with E-state index in [-0.39, 0.29) is 23.2 Å². The number of pyridine rings is 1. The van der Waals surface area contributed by atoms with Crippen LogP contribution in [-0.4, -0.2) is 29.5 Å². The normalized spacial score (nSPS) is 13.9. The smallest absolute Gasteiger partial charge is 0.256 e. The van der Waals surface area contributed by atoms with Gasteiger partial charge in [0.25, 0.3) is 5.56 Å². The number of carbonyl (C=O) groups excluding carboxylic acids is 1. The first-order valence-electron chi connectivity index (χ1n) is 10.0. The third-order valence-corrected chi connectivity index (χ3v) is 6.64. The van der Waals surface area contributed by atoms with Gasteiger partial charge in [-0.3, -0.25) is 14.2 Å². The highest BCUT2D eigenvalue weighted by atomic mass is 32.1. The lowest BCUT2D eigenvalue weighted by molar-refractivity contribution is 0.104. The summed E-state index contributed by atoms with van der Waals surface area (Å²) >= 11 is 1.40. The van der Waals surface area contributed by atoms with Gasteiger partial charge in [0.15, 0.2) is 5.78 Å². The molecule has 156 valence electrons. The Morgan fingerprint density at radius 2 is 1.90 bits per heavy atom. The second kappa shape index (κ2) is 7.76. The molecule has 2 N–H and O–H groups in total. The number of fused-ring (bicyclic) bond motifs is 1. The summed E-state index contributed by atoms with van der Waals surface area (Å²) in [7, 11) is 0. The van der Waals surface area contributed by atoms with E-state index in [1.807, 2.05) is 30.3 Å². The number of thiophene rings is 1. The summed E-state index contributed by atoms with van der Waals surface area (Å²) in [4.78, 5) is 27.1. The van der Waals surface area contributed by atoms with Crippen LogP contribution in [0.1, 0.15) is 21.5 Å². The third-order valence-electron chi connectivity index (χ3n) is 5.52. The molecule has 2 aromatic carbocycles. The van der Waals surface area contributed by atoms with Crippen molar-refractivity contribution in [1.29, 1.82) is 0 Å². The molecule has 1 aliphatic heterocycles. The molecular weight excluding hydrogens is 413 g/mol. The predicted molar refractivity (Wildman–Crippen MR) is 122 cm³/mol. The van der Waals surface area contributed by atoms with Gasteiger partial charge in [-0.1, -0.05) is 29.5 Å². The lowest BCUT2D eigenvalue weighted by Crippen LogP contribution is -2.51. The molecule has 5 nitrogen and oxygen atoms in total. The van der Waals surface area contributed by atoms with Crippen molar-refractivity contribution in [3.8, 4) is 5.69 Å². The topological polar surface area (TPSA) is 63.1 Å². The quantitative estimate of drug-likeness (QED) is 0.465. The zero-order chi connectivity index (χ0) is 21.5. The molecule has 0 unspecified atom stereocenters. The third kappa shape index (κ3) is 3.45. The zero-order valence-corrected chi connectivity index (χ0v) is 17.6. The van der Waals surface area contributed by atoms with Crippen molar-refractivity contribution in [2.24, 2.45) is 0 Å². The average Bonchev–Trinajstić information content (AvgIpc) is 3.10. The number of hydrogen-bond donors (Lipinski definition) is 2. The molecule has 5 rings (SSSR count). The van der Waals surface area contributed by atoms with Gasteiger partial charge in [-0.15, -0.1) is 0 Å². The van der Waals surface area contributed by atoms with Crippen LogP contribution in [0.4, 0.5) is 9.39 Å². The van der Waals surface area contributed by atoms with Crippen molar-refractivity contribution in [1.82, 2.24) is 9.88 Å². The van der Waals surface area contributed by atoms with Gasteiger partial charge in [0.2, 0.25) is 0 Å². The van der Waals surface area contributed by atoms with Gasteiger partial charge in [-0.2, -0.15) is 0 Å². The SMILES string of the molecule is Cc1cc(C(=O)c2c(NC3CNC3)sc3c2ccc(=O)n3-c2ccccc2)ccc1F. The summed E-state index contributed by atoms with van der Waals surface area (Å²) < 4.78 is 15.4. The van der Waals surface area contributed by atoms with Crippen molar-refractivity contribution < 1.29 is 9.18 Å². The summed E-state index contributed by atoms with van der Waals surface area (Å²) in [5.41, 5.74) is 1.94. The van der Waals surface area contributed by atoms with Crippen LogP contribution in [0.3, 0.4) is 0 Å². The maximum atomic E-state index is 13.8. The Kier molecular flexibility index (Phi) is 4.92. The molecule has 0 saturated carbocycles. The number of hydrogen-bond acceptors (Lipinski definition) is 5. The summed E-state index contributed by atoms with van der Waals surface area (Å²) in [5.74, 6) is -0.536. The molecular formula is C24H20FN3O2S. The fourth-order valence-electron chi connectivity index (χ4n) is 3.74. The molecule has 0 aliphatic carbocycles. The number of carbonyl (C=O) groups is 1. The number of rotatable bonds is 5. The Balaban J connectivity index is 1.73. The second-order valence-corrected chi connectivity index (χ2v) is 8.66. The molecule has 1 saturated heterocycles. The molecule has 0 bridgehead atoms. The molecule has 2 aromatic heterocycles. The highest BCUT2D eigenvalue weighted by molar-refractivity contribution is 7.23. The van der Waals surface area contributed by atoms with Crippen LogP contribution >= 0.6 is 11.3 Å². The Morgan fingerprint density at radius 1 is 1.13 bits per heavy atom. The fourth-order valence-corrected chi connectivity index (χ4v) is 5.03. The molecule has 1 fully saturated rings. The molecule has 31 heavy (non-hydrogen) atoms. The van der Waals surface area contributed by atoms with E-state index in [1.165, 1.54) is 29.5 Å². The van der Waals surface area contributed by atoms with E-state index in [0.29, 0.717) is 26.9 Å². The Labute approximate surface area is 182 Å². The molecule has 0 atom stereocenters. The standard InChI is InChI=1S/C24H20FN3O2S/c1-14-11-15(7-9-19(14)25)22(30)21-18-8-10-20(29)28(17-5-3-2-4-6-17)24(18)31-23(21)27-16-12-26-13-16/h2-11,16,26-27H,12-13H2,1H3. The van der Waals surface area contributed by atoms with Gasteiger partial charge in [-0.05, 0) is 48.9 Å². The molecule has 1 aliphatic rings. The molecule has 7 heteroatoms. The predicted octanol–water partition coefficient (Wildman–Crippen LogP) is 4.11.